The maximum atomic E-state index is 12.5. The number of nitrogens with one attached hydrogen (secondary N) is 3. The fourth-order valence-corrected chi connectivity index (χ4v) is 3.91. The Bertz CT molecular complexity index is 1230. The van der Waals surface area contributed by atoms with Crippen LogP contribution in [-0.2, 0) is 22.4 Å². The van der Waals surface area contributed by atoms with Gasteiger partial charge in [0.25, 0.3) is 11.8 Å². The Hall–Kier alpha value is -4.33. The van der Waals surface area contributed by atoms with Crippen molar-refractivity contribution >= 4 is 17.7 Å². The average molecular weight is 502 g/mol. The average Bonchev–Trinajstić information content (AvgIpc) is 2.91. The van der Waals surface area contributed by atoms with E-state index in [0.717, 1.165) is 11.1 Å². The number of aryl methyl sites for hydroxylation is 1. The second kappa shape index (κ2) is 13.1. The molecule has 4 bridgehead atoms. The summed E-state index contributed by atoms with van der Waals surface area (Å²) in [4.78, 5) is 37.1. The van der Waals surface area contributed by atoms with Crippen molar-refractivity contribution in [3.63, 3.8) is 0 Å². The summed E-state index contributed by atoms with van der Waals surface area (Å²) in [5, 5.41) is 8.63. The van der Waals surface area contributed by atoms with Crippen LogP contribution in [0.4, 0.5) is 0 Å². The predicted octanol–water partition coefficient (Wildman–Crippen LogP) is 3.40. The minimum absolute atomic E-state index is 0.0823. The molecule has 192 valence electrons. The van der Waals surface area contributed by atoms with Gasteiger partial charge in [0.1, 0.15) is 17.2 Å². The summed E-state index contributed by atoms with van der Waals surface area (Å²) in [7, 11) is 0. The van der Waals surface area contributed by atoms with Crippen LogP contribution >= 0.6 is 0 Å². The van der Waals surface area contributed by atoms with Crippen LogP contribution in [0.3, 0.4) is 0 Å². The first-order chi connectivity index (χ1) is 18.1. The molecule has 0 aliphatic carbocycles. The van der Waals surface area contributed by atoms with Crippen LogP contribution in [0, 0.1) is 0 Å². The molecule has 5 rings (SSSR count). The van der Waals surface area contributed by atoms with E-state index < -0.39 is 0 Å². The molecule has 3 aromatic carbocycles. The lowest BCUT2D eigenvalue weighted by molar-refractivity contribution is -0.123. The van der Waals surface area contributed by atoms with Gasteiger partial charge in [-0.2, -0.15) is 0 Å². The summed E-state index contributed by atoms with van der Waals surface area (Å²) >= 11 is 0. The van der Waals surface area contributed by atoms with Crippen LogP contribution < -0.4 is 25.4 Å². The number of amides is 3. The number of rotatable bonds is 0. The van der Waals surface area contributed by atoms with E-state index in [2.05, 4.69) is 16.0 Å². The van der Waals surface area contributed by atoms with E-state index >= 15 is 0 Å². The van der Waals surface area contributed by atoms with Crippen LogP contribution in [0.25, 0.3) is 0 Å². The fourth-order valence-electron chi connectivity index (χ4n) is 3.91. The summed E-state index contributed by atoms with van der Waals surface area (Å²) < 4.78 is 11.7. The number of carbonyl (C=O) groups excluding carboxylic acids is 3. The zero-order chi connectivity index (χ0) is 25.9. The Balaban J connectivity index is 1.43. The molecular formula is C29H31N3O5. The van der Waals surface area contributed by atoms with E-state index in [0.29, 0.717) is 68.1 Å². The van der Waals surface area contributed by atoms with Crippen LogP contribution in [-0.4, -0.2) is 44.0 Å². The monoisotopic (exact) mass is 501 g/mol. The highest BCUT2D eigenvalue weighted by molar-refractivity contribution is 5.94. The van der Waals surface area contributed by atoms with E-state index in [1.165, 1.54) is 0 Å². The summed E-state index contributed by atoms with van der Waals surface area (Å²) in [6.07, 6.45) is 2.06. The summed E-state index contributed by atoms with van der Waals surface area (Å²) in [6, 6.07) is 22.0. The number of fused-ring (bicyclic) bond motifs is 15. The van der Waals surface area contributed by atoms with Crippen LogP contribution in [0.1, 0.15) is 34.3 Å². The van der Waals surface area contributed by atoms with E-state index in [-0.39, 0.29) is 24.3 Å². The quantitative estimate of drug-likeness (QED) is 0.438. The van der Waals surface area contributed by atoms with Gasteiger partial charge in [0.15, 0.2) is 6.61 Å². The van der Waals surface area contributed by atoms with E-state index in [1.54, 1.807) is 30.3 Å². The number of hydrogen-bond acceptors (Lipinski definition) is 5. The lowest BCUT2D eigenvalue weighted by atomic mass is 10.1. The van der Waals surface area contributed by atoms with Crippen LogP contribution in [0.2, 0.25) is 0 Å². The topological polar surface area (TPSA) is 106 Å². The second-order valence-electron chi connectivity index (χ2n) is 8.73. The fraction of sp³-hybridized carbons (Fsp3) is 0.276. The van der Waals surface area contributed by atoms with Crippen molar-refractivity contribution in [2.24, 2.45) is 0 Å². The first-order valence-electron chi connectivity index (χ1n) is 12.5. The molecule has 8 nitrogen and oxygen atoms in total. The summed E-state index contributed by atoms with van der Waals surface area (Å²) in [5.74, 6) is 1.32. The van der Waals surface area contributed by atoms with Gasteiger partial charge in [-0.25, -0.2) is 0 Å². The Morgan fingerprint density at radius 3 is 2.30 bits per heavy atom. The molecule has 8 heteroatoms. The van der Waals surface area contributed by atoms with Gasteiger partial charge in [0.2, 0.25) is 5.91 Å². The van der Waals surface area contributed by atoms with Crippen LogP contribution in [0.15, 0.2) is 72.8 Å². The second-order valence-corrected chi connectivity index (χ2v) is 8.73. The highest BCUT2D eigenvalue weighted by atomic mass is 16.5. The normalized spacial score (nSPS) is 15.9. The largest absolute Gasteiger partial charge is 0.483 e. The molecule has 0 saturated heterocycles. The molecule has 0 atom stereocenters. The van der Waals surface area contributed by atoms with Crippen molar-refractivity contribution in [3.8, 4) is 17.2 Å². The van der Waals surface area contributed by atoms with Gasteiger partial charge >= 0.3 is 0 Å². The molecule has 3 aromatic rings. The Morgan fingerprint density at radius 2 is 1.43 bits per heavy atom. The van der Waals surface area contributed by atoms with E-state index in [1.807, 2.05) is 42.5 Å². The molecule has 0 aromatic heterocycles. The standard InChI is InChI=1S/C29H31N3O5/c33-27-14-11-22-5-1-2-8-26(22)36-20-28(34)31-18-15-21-9-12-24(13-10-21)37-25-7-3-6-23(19-25)29(35)32-17-4-16-30-27/h1-3,5-10,12-13,19H,4,11,14-18,20H2,(H,30,33)(H,31,34)(H,32,35). The van der Waals surface area contributed by atoms with Gasteiger partial charge in [-0.05, 0) is 66.8 Å². The van der Waals surface area contributed by atoms with Crippen molar-refractivity contribution in [2.75, 3.05) is 26.2 Å². The molecule has 0 radical (unpaired) electrons. The number of ether oxygens (including phenoxy) is 2. The Morgan fingerprint density at radius 1 is 0.649 bits per heavy atom. The van der Waals surface area contributed by atoms with Crippen molar-refractivity contribution < 1.29 is 23.9 Å². The zero-order valence-corrected chi connectivity index (χ0v) is 20.6. The first kappa shape index (κ1) is 25.8. The molecule has 0 spiro atoms. The molecule has 0 fully saturated rings. The van der Waals surface area contributed by atoms with Crippen molar-refractivity contribution in [3.05, 3.63) is 89.5 Å². The minimum Gasteiger partial charge on any atom is -0.483 e. The van der Waals surface area contributed by atoms with Crippen molar-refractivity contribution in [1.82, 2.24) is 16.0 Å². The maximum Gasteiger partial charge on any atom is 0.257 e. The molecule has 0 unspecified atom stereocenters. The summed E-state index contributed by atoms with van der Waals surface area (Å²) in [6.45, 7) is 1.27. The molecule has 3 N–H and O–H groups in total. The van der Waals surface area contributed by atoms with Gasteiger partial charge in [0, 0.05) is 31.6 Å². The first-order valence-corrected chi connectivity index (χ1v) is 12.5. The van der Waals surface area contributed by atoms with E-state index in [9.17, 15) is 14.4 Å². The highest BCUT2D eigenvalue weighted by Gasteiger charge is 2.10. The Labute approximate surface area is 216 Å². The van der Waals surface area contributed by atoms with Gasteiger partial charge in [-0.15, -0.1) is 0 Å². The molecule has 2 heterocycles. The van der Waals surface area contributed by atoms with Crippen molar-refractivity contribution in [1.29, 1.82) is 0 Å². The zero-order valence-electron chi connectivity index (χ0n) is 20.6. The third kappa shape index (κ3) is 8.10. The van der Waals surface area contributed by atoms with Gasteiger partial charge < -0.3 is 25.4 Å². The molecule has 37 heavy (non-hydrogen) atoms. The smallest absolute Gasteiger partial charge is 0.257 e. The maximum absolute atomic E-state index is 12.5. The van der Waals surface area contributed by atoms with E-state index in [4.69, 9.17) is 9.47 Å². The number of para-hydroxylation sites is 1. The molecule has 3 amide bonds. The third-order valence-corrected chi connectivity index (χ3v) is 5.91. The molecule has 0 saturated carbocycles. The van der Waals surface area contributed by atoms with Gasteiger partial charge in [-0.3, -0.25) is 14.4 Å². The number of carbonyl (C=O) groups is 3. The predicted molar refractivity (Wildman–Crippen MR) is 140 cm³/mol. The lowest BCUT2D eigenvalue weighted by Gasteiger charge is -2.12. The third-order valence-electron chi connectivity index (χ3n) is 5.91. The summed E-state index contributed by atoms with van der Waals surface area (Å²) in [5.41, 5.74) is 2.42. The van der Waals surface area contributed by atoms with Gasteiger partial charge in [0.05, 0.1) is 0 Å². The minimum atomic E-state index is -0.207. The lowest BCUT2D eigenvalue weighted by Crippen LogP contribution is -2.30. The highest BCUT2D eigenvalue weighted by Crippen LogP contribution is 2.23. The van der Waals surface area contributed by atoms with Gasteiger partial charge in [-0.1, -0.05) is 36.4 Å². The van der Waals surface area contributed by atoms with Crippen LogP contribution in [0.5, 0.6) is 17.2 Å². The molecule has 2 aliphatic rings. The number of hydrogen-bond donors (Lipinski definition) is 3. The molecule has 2 aliphatic heterocycles. The Kier molecular flexibility index (Phi) is 9.12. The van der Waals surface area contributed by atoms with Crippen molar-refractivity contribution in [2.45, 2.75) is 25.7 Å². The molecular weight excluding hydrogens is 470 g/mol. The number of benzene rings is 3. The SMILES string of the molecule is O=C1CCc2ccccc2OCC(=O)NCCc2ccc(cc2)Oc2cccc(c2)C(=O)NCCCN1.